The number of fused-ring (bicyclic) bond motifs is 20. The van der Waals surface area contributed by atoms with E-state index in [0.717, 1.165) is 224 Å². The zero-order valence-electron chi connectivity index (χ0n) is 86.8. The van der Waals surface area contributed by atoms with Gasteiger partial charge in [-0.1, -0.05) is 84.9 Å². The molecular formula is C115H118N18O5. The summed E-state index contributed by atoms with van der Waals surface area (Å²) in [5.74, 6) is 2.66. The summed E-state index contributed by atoms with van der Waals surface area (Å²) in [5.41, 5.74) is 30.4. The van der Waals surface area contributed by atoms with Gasteiger partial charge in [0, 0.05) is 132 Å². The standard InChI is InChI=1S/2C24H25N3O.2C23H24N4O.C21H20N4O/c2*1-14(2)26-17(5)27(21-9-7-6-8-20(21)26)22-15(3)10-12-18-19-13-11-16(4)25-24(19)28-23(18)22;2*1-13(2)26-16(5)27(22-19(26)7-6-12-24-22)20-14(3)8-10-17-18-11-9-15(4)25-23(18)28-21(17)20;1-12-7-9-15-16-10-8-13(2)23-21(16)26-19(15)18(12)25-14(3)24(4)17-6-5-11-22-20(17)25/h2*6-14,17H,1-5H3;2*6-13,16H,1-5H3;5-11,14H,1-4H3/i2*14D;2*13D;. The second-order valence-electron chi connectivity index (χ2n) is 38.0. The lowest BCUT2D eigenvalue weighted by molar-refractivity contribution is 0.601. The molecule has 0 spiro atoms. The summed E-state index contributed by atoms with van der Waals surface area (Å²) in [7, 11) is 2.10. The summed E-state index contributed by atoms with van der Waals surface area (Å²) in [4.78, 5) is 59.0. The lowest BCUT2D eigenvalue weighted by Gasteiger charge is -2.33. The zero-order chi connectivity index (χ0) is 100.0. The van der Waals surface area contributed by atoms with Crippen molar-refractivity contribution < 1.29 is 27.6 Å². The highest BCUT2D eigenvalue weighted by atomic mass is 16.4. The molecule has 138 heavy (non-hydrogen) atoms. The largest absolute Gasteiger partial charge is 0.435 e. The molecule has 5 aliphatic rings. The van der Waals surface area contributed by atoms with Crippen LogP contribution in [0.5, 0.6) is 0 Å². The number of hydrogen-bond donors (Lipinski definition) is 0. The van der Waals surface area contributed by atoms with E-state index in [1.54, 1.807) is 12.4 Å². The molecule has 23 heteroatoms. The van der Waals surface area contributed by atoms with Gasteiger partial charge in [0.1, 0.15) is 30.8 Å². The van der Waals surface area contributed by atoms with E-state index >= 15 is 0 Å². The minimum Gasteiger partial charge on any atom is -0.435 e. The van der Waals surface area contributed by atoms with E-state index in [4.69, 9.17) is 37.5 Å². The first-order chi connectivity index (χ1) is 67.6. The molecule has 23 nitrogen and oxygen atoms in total. The Labute approximate surface area is 810 Å². The number of anilines is 15. The van der Waals surface area contributed by atoms with Crippen molar-refractivity contribution in [1.82, 2.24) is 39.9 Å². The lowest BCUT2D eigenvalue weighted by atomic mass is 10.1. The topological polar surface area (TPSA) is 201 Å². The van der Waals surface area contributed by atoms with Crippen molar-refractivity contribution in [3.05, 3.63) is 281 Å². The first-order valence-electron chi connectivity index (χ1n) is 49.5. The van der Waals surface area contributed by atoms with E-state index < -0.39 is 24.1 Å². The van der Waals surface area contributed by atoms with Crippen LogP contribution in [0.1, 0.15) is 152 Å². The van der Waals surface area contributed by atoms with Gasteiger partial charge >= 0.3 is 0 Å². The van der Waals surface area contributed by atoms with E-state index in [0.29, 0.717) is 28.6 Å². The number of para-hydroxylation sites is 4. The predicted octanol–water partition coefficient (Wildman–Crippen LogP) is 29.0. The summed E-state index contributed by atoms with van der Waals surface area (Å²) in [6.07, 6.45) is 5.39. The Kier molecular flexibility index (Phi) is 21.1. The molecule has 7 aromatic carbocycles. The van der Waals surface area contributed by atoms with Crippen molar-refractivity contribution in [2.24, 2.45) is 0 Å². The number of aryl methyl sites for hydroxylation is 10. The third-order valence-corrected chi connectivity index (χ3v) is 27.8. The second kappa shape index (κ2) is 34.5. The van der Waals surface area contributed by atoms with Crippen LogP contribution >= 0.6 is 0 Å². The van der Waals surface area contributed by atoms with Crippen molar-refractivity contribution in [1.29, 1.82) is 0 Å². The smallest absolute Gasteiger partial charge is 0.227 e. The highest BCUT2D eigenvalue weighted by molar-refractivity contribution is 6.15. The number of pyridine rings is 8. The third kappa shape index (κ3) is 14.5. The van der Waals surface area contributed by atoms with Crippen LogP contribution in [0.25, 0.3) is 110 Å². The van der Waals surface area contributed by atoms with Gasteiger partial charge in [0.25, 0.3) is 0 Å². The molecule has 0 aliphatic carbocycles. The molecular weight excluding hydrogens is 1710 g/mol. The van der Waals surface area contributed by atoms with Gasteiger partial charge in [-0.25, -0.2) is 39.9 Å². The van der Waals surface area contributed by atoms with Gasteiger partial charge in [0.15, 0.2) is 45.4 Å². The molecule has 0 saturated heterocycles. The minimum atomic E-state index is -0.791. The van der Waals surface area contributed by atoms with Crippen LogP contribution in [0, 0.1) is 69.2 Å². The van der Waals surface area contributed by atoms with Crippen LogP contribution in [-0.2, 0) is 0 Å². The molecule has 0 amide bonds. The van der Waals surface area contributed by atoms with Crippen LogP contribution in [0.3, 0.4) is 0 Å². The Hall–Kier alpha value is -15.3. The molecule has 18 heterocycles. The molecule has 0 saturated carbocycles. The van der Waals surface area contributed by atoms with E-state index in [9.17, 15) is 0 Å². The normalized spacial score (nSPS) is 17.3. The first-order valence-corrected chi connectivity index (χ1v) is 47.5. The van der Waals surface area contributed by atoms with Crippen molar-refractivity contribution in [3.8, 4) is 0 Å². The van der Waals surface area contributed by atoms with Crippen LogP contribution in [0.2, 0.25) is 0 Å². The minimum absolute atomic E-state index is 0.0212. The molecule has 0 bridgehead atoms. The van der Waals surface area contributed by atoms with Gasteiger partial charge in [0.05, 0.1) is 73.7 Å². The van der Waals surface area contributed by atoms with Crippen molar-refractivity contribution in [3.63, 3.8) is 0 Å². The van der Waals surface area contributed by atoms with Gasteiger partial charge in [-0.3, -0.25) is 0 Å². The third-order valence-electron chi connectivity index (χ3n) is 27.8. The number of benzene rings is 7. The van der Waals surface area contributed by atoms with Crippen molar-refractivity contribution >= 4 is 196 Å². The van der Waals surface area contributed by atoms with Crippen LogP contribution in [0.15, 0.2) is 247 Å². The number of aromatic nitrogens is 8. The van der Waals surface area contributed by atoms with E-state index in [-0.39, 0.29) is 30.8 Å². The molecule has 698 valence electrons. The number of rotatable bonds is 9. The summed E-state index contributed by atoms with van der Waals surface area (Å²) in [6, 6.07) is 67.3. The Bertz CT molecular complexity index is 7660. The molecule has 20 aromatic rings. The highest BCUT2D eigenvalue weighted by Crippen LogP contribution is 2.56. The van der Waals surface area contributed by atoms with Crippen molar-refractivity contribution in [2.75, 3.05) is 56.0 Å². The van der Waals surface area contributed by atoms with Gasteiger partial charge in [-0.05, 0) is 308 Å². The second-order valence-corrected chi connectivity index (χ2v) is 38.0. The maximum Gasteiger partial charge on any atom is 0.227 e. The number of hydrogen-bond acceptors (Lipinski definition) is 23. The number of furan rings is 5. The van der Waals surface area contributed by atoms with E-state index in [2.05, 4.69) is 289 Å². The summed E-state index contributed by atoms with van der Waals surface area (Å²) < 4.78 is 66.4. The van der Waals surface area contributed by atoms with Gasteiger partial charge in [0.2, 0.25) is 28.6 Å². The fourth-order valence-electron chi connectivity index (χ4n) is 21.6. The molecule has 5 unspecified atom stereocenters. The quantitative estimate of drug-likeness (QED) is 0.132. The fraction of sp³-hybridized carbons (Fsp3) is 0.287. The van der Waals surface area contributed by atoms with Gasteiger partial charge < -0.3 is 71.1 Å². The molecule has 0 radical (unpaired) electrons. The SMILES string of the molecule is Cc1ccc2c(n1)oc1c(N3c4ncccc4N(C)C3C)c(C)ccc12.[2H]C(C)(C)N1c2ccccc2N(c2c(C)ccc3c2oc2nc(C)ccc23)C1C.[2H]C(C)(C)N1c2ccccc2N(c2c(C)ccc3c2oc2nc(C)ccc23)C1C.[2H]C(C)(C)N1c2cccnc2N(c2c(C)ccc3c2oc2nc(C)ccc23)C1C.[2H]C(C)(C)N1c2cccnc2N(c2c(C)ccc3c2oc2nc(C)ccc23)C1C. The molecule has 5 aliphatic heterocycles. The fourth-order valence-corrected chi connectivity index (χ4v) is 21.6. The number of nitrogens with zero attached hydrogens (tertiary/aromatic N) is 18. The lowest BCUT2D eigenvalue weighted by Crippen LogP contribution is -2.42. The average molecular weight is 1840 g/mol. The maximum atomic E-state index is 8.74. The predicted molar refractivity (Wildman–Crippen MR) is 567 cm³/mol. The molecule has 0 N–H and O–H groups in total. The van der Waals surface area contributed by atoms with Gasteiger partial charge in [-0.2, -0.15) is 0 Å². The maximum absolute atomic E-state index is 8.74. The Balaban J connectivity index is 0.000000105. The Morgan fingerprint density at radius 3 is 0.717 bits per heavy atom. The Morgan fingerprint density at radius 1 is 0.239 bits per heavy atom. The average Bonchev–Trinajstić information content (AvgIpc) is 1.58. The summed E-state index contributed by atoms with van der Waals surface area (Å²) >= 11 is 0. The van der Waals surface area contributed by atoms with Crippen LogP contribution in [0.4, 0.5) is 85.7 Å². The van der Waals surface area contributed by atoms with Crippen LogP contribution in [-0.4, -0.2) is 102 Å². The van der Waals surface area contributed by atoms with Crippen molar-refractivity contribution in [2.45, 2.75) is 214 Å². The molecule has 0 fully saturated rings. The molecule has 13 aromatic heterocycles. The van der Waals surface area contributed by atoms with Crippen LogP contribution < -0.4 is 49.0 Å². The monoisotopic (exact) mass is 1830 g/mol. The summed E-state index contributed by atoms with van der Waals surface area (Å²) in [6.45, 7) is 46.5. The zero-order valence-corrected chi connectivity index (χ0v) is 82.8. The van der Waals surface area contributed by atoms with E-state index in [1.807, 2.05) is 169 Å². The van der Waals surface area contributed by atoms with Gasteiger partial charge in [-0.15, -0.1) is 0 Å². The summed E-state index contributed by atoms with van der Waals surface area (Å²) in [5, 5.41) is 10.5. The first kappa shape index (κ1) is 84.5. The molecule has 5 atom stereocenters. The molecule has 25 rings (SSSR count). The van der Waals surface area contributed by atoms with E-state index in [1.165, 1.54) is 0 Å². The highest BCUT2D eigenvalue weighted by Gasteiger charge is 2.44. The Morgan fingerprint density at radius 2 is 0.449 bits per heavy atom.